The number of ether oxygens (including phenoxy) is 3. The zero-order valence-electron chi connectivity index (χ0n) is 23.4. The number of Topliss-reactive ketones (excluding diaryl/α,β-unsaturated/α-hetero) is 1. The van der Waals surface area contributed by atoms with E-state index >= 15 is 0 Å². The van der Waals surface area contributed by atoms with E-state index < -0.39 is 17.7 Å². The molecule has 8 heteroatoms. The number of benzene rings is 2. The fourth-order valence-electron chi connectivity index (χ4n) is 4.66. The molecule has 0 saturated carbocycles. The highest BCUT2D eigenvalue weighted by Gasteiger charge is 2.46. The molecular weight excluding hydrogens is 510 g/mol. The smallest absolute Gasteiger partial charge is 0.296 e. The standard InChI is InChI=1S/C32H37NO7/c1-4-7-8-18-40-26-16-13-23(20-27(26)37-6-3)29-28(30(34)22-11-14-24(15-12-22)38-17-5-2)31(35)32(36)33(29)21-25-10-9-19-39-25/h9-16,19-20,29,34H,4-8,17-18,21H2,1-3H3. The minimum atomic E-state index is -0.866. The van der Waals surface area contributed by atoms with Gasteiger partial charge in [-0.15, -0.1) is 0 Å². The van der Waals surface area contributed by atoms with Gasteiger partial charge in [0.2, 0.25) is 0 Å². The molecule has 1 unspecified atom stereocenters. The van der Waals surface area contributed by atoms with Crippen molar-refractivity contribution in [1.82, 2.24) is 4.90 Å². The van der Waals surface area contributed by atoms with Crippen molar-refractivity contribution in [2.24, 2.45) is 0 Å². The predicted molar refractivity (Wildman–Crippen MR) is 151 cm³/mol. The zero-order valence-corrected chi connectivity index (χ0v) is 23.4. The van der Waals surface area contributed by atoms with Gasteiger partial charge in [-0.25, -0.2) is 0 Å². The molecule has 1 aromatic heterocycles. The number of nitrogens with zero attached hydrogens (tertiary/aromatic N) is 1. The third-order valence-electron chi connectivity index (χ3n) is 6.64. The molecule has 1 saturated heterocycles. The monoisotopic (exact) mass is 547 g/mol. The van der Waals surface area contributed by atoms with E-state index in [4.69, 9.17) is 18.6 Å². The van der Waals surface area contributed by atoms with Crippen LogP contribution in [0.3, 0.4) is 0 Å². The first kappa shape index (κ1) is 28.8. The lowest BCUT2D eigenvalue weighted by molar-refractivity contribution is -0.140. The molecule has 40 heavy (non-hydrogen) atoms. The van der Waals surface area contributed by atoms with E-state index in [1.807, 2.05) is 13.8 Å². The number of hydrogen-bond donors (Lipinski definition) is 1. The second kappa shape index (κ2) is 13.7. The van der Waals surface area contributed by atoms with Gasteiger partial charge in [-0.3, -0.25) is 9.59 Å². The lowest BCUT2D eigenvalue weighted by Crippen LogP contribution is -2.29. The van der Waals surface area contributed by atoms with Crippen LogP contribution in [0.4, 0.5) is 0 Å². The van der Waals surface area contributed by atoms with Crippen LogP contribution in [-0.2, 0) is 16.1 Å². The molecule has 0 radical (unpaired) electrons. The molecule has 1 aliphatic heterocycles. The highest BCUT2D eigenvalue weighted by atomic mass is 16.5. The Morgan fingerprint density at radius 3 is 2.38 bits per heavy atom. The molecule has 0 aliphatic carbocycles. The Morgan fingerprint density at radius 1 is 0.900 bits per heavy atom. The fourth-order valence-corrected chi connectivity index (χ4v) is 4.66. The molecule has 1 amide bonds. The van der Waals surface area contributed by atoms with Gasteiger partial charge >= 0.3 is 0 Å². The Morgan fingerprint density at radius 2 is 1.70 bits per heavy atom. The maximum atomic E-state index is 13.4. The average molecular weight is 548 g/mol. The van der Waals surface area contributed by atoms with Gasteiger partial charge in [0.25, 0.3) is 11.7 Å². The van der Waals surface area contributed by atoms with Gasteiger partial charge in [0.15, 0.2) is 11.5 Å². The van der Waals surface area contributed by atoms with Crippen molar-refractivity contribution in [1.29, 1.82) is 0 Å². The third-order valence-corrected chi connectivity index (χ3v) is 6.64. The maximum Gasteiger partial charge on any atom is 0.296 e. The Hall–Kier alpha value is -4.20. The summed E-state index contributed by atoms with van der Waals surface area (Å²) in [7, 11) is 0. The summed E-state index contributed by atoms with van der Waals surface area (Å²) in [5, 5.41) is 11.4. The summed E-state index contributed by atoms with van der Waals surface area (Å²) in [6.07, 6.45) is 5.46. The van der Waals surface area contributed by atoms with E-state index in [1.54, 1.807) is 54.6 Å². The highest BCUT2D eigenvalue weighted by molar-refractivity contribution is 6.46. The van der Waals surface area contributed by atoms with Gasteiger partial charge in [-0.05, 0) is 73.9 Å². The van der Waals surface area contributed by atoms with Gasteiger partial charge < -0.3 is 28.6 Å². The van der Waals surface area contributed by atoms with Crippen LogP contribution in [-0.4, -0.2) is 41.5 Å². The van der Waals surface area contributed by atoms with Crippen LogP contribution in [0.25, 0.3) is 5.76 Å². The van der Waals surface area contributed by atoms with Crippen molar-refractivity contribution >= 4 is 17.4 Å². The molecule has 0 spiro atoms. The minimum Gasteiger partial charge on any atom is -0.507 e. The quantitative estimate of drug-likeness (QED) is 0.104. The van der Waals surface area contributed by atoms with Gasteiger partial charge in [0, 0.05) is 5.56 Å². The lowest BCUT2D eigenvalue weighted by atomic mass is 9.95. The maximum absolute atomic E-state index is 13.4. The van der Waals surface area contributed by atoms with Crippen molar-refractivity contribution in [3.8, 4) is 17.2 Å². The van der Waals surface area contributed by atoms with Gasteiger partial charge in [0.05, 0.1) is 44.2 Å². The summed E-state index contributed by atoms with van der Waals surface area (Å²) in [6.45, 7) is 7.63. The van der Waals surface area contributed by atoms with Gasteiger partial charge in [-0.1, -0.05) is 32.8 Å². The van der Waals surface area contributed by atoms with Crippen LogP contribution in [0.1, 0.15) is 69.4 Å². The Kier molecular flexibility index (Phi) is 9.89. The first-order valence-corrected chi connectivity index (χ1v) is 13.9. The van der Waals surface area contributed by atoms with Crippen LogP contribution in [0, 0.1) is 0 Å². The van der Waals surface area contributed by atoms with Crippen LogP contribution < -0.4 is 14.2 Å². The predicted octanol–water partition coefficient (Wildman–Crippen LogP) is 6.66. The topological polar surface area (TPSA) is 98.4 Å². The van der Waals surface area contributed by atoms with Crippen molar-refractivity contribution in [3.05, 3.63) is 83.3 Å². The number of aliphatic hydroxyl groups is 1. The van der Waals surface area contributed by atoms with Crippen LogP contribution in [0.15, 0.2) is 70.9 Å². The first-order chi connectivity index (χ1) is 19.5. The molecule has 4 rings (SSSR count). The van der Waals surface area contributed by atoms with E-state index in [0.717, 1.165) is 25.7 Å². The van der Waals surface area contributed by atoms with Gasteiger partial charge in [0.1, 0.15) is 17.3 Å². The summed E-state index contributed by atoms with van der Waals surface area (Å²) in [4.78, 5) is 28.2. The van der Waals surface area contributed by atoms with Crippen LogP contribution in [0.5, 0.6) is 17.2 Å². The molecule has 1 atom stereocenters. The number of carbonyl (C=O) groups is 2. The number of unbranched alkanes of at least 4 members (excludes halogenated alkanes) is 2. The number of carbonyl (C=O) groups excluding carboxylic acids is 2. The summed E-state index contributed by atoms with van der Waals surface area (Å²) in [6, 6.07) is 14.8. The van der Waals surface area contributed by atoms with E-state index in [9.17, 15) is 14.7 Å². The molecule has 3 aromatic rings. The van der Waals surface area contributed by atoms with Crippen molar-refractivity contribution in [2.45, 2.75) is 59.0 Å². The average Bonchev–Trinajstić information content (AvgIpc) is 3.57. The number of furan rings is 1. The highest BCUT2D eigenvalue weighted by Crippen LogP contribution is 2.43. The number of likely N-dealkylation sites (tertiary alicyclic amines) is 1. The number of aliphatic hydroxyl groups excluding tert-OH is 1. The van der Waals surface area contributed by atoms with Crippen molar-refractivity contribution in [2.75, 3.05) is 19.8 Å². The molecule has 0 bridgehead atoms. The number of ketones is 1. The molecule has 2 aromatic carbocycles. The van der Waals surface area contributed by atoms with E-state index in [1.165, 1.54) is 11.2 Å². The first-order valence-electron chi connectivity index (χ1n) is 13.9. The van der Waals surface area contributed by atoms with E-state index in [2.05, 4.69) is 6.92 Å². The molecule has 8 nitrogen and oxygen atoms in total. The number of hydrogen-bond acceptors (Lipinski definition) is 7. The molecular formula is C32H37NO7. The van der Waals surface area contributed by atoms with Crippen molar-refractivity contribution in [3.63, 3.8) is 0 Å². The number of amides is 1. The molecule has 1 aliphatic rings. The second-order valence-electron chi connectivity index (χ2n) is 9.57. The summed E-state index contributed by atoms with van der Waals surface area (Å²) in [5.74, 6) is 0.534. The minimum absolute atomic E-state index is 0.00200. The van der Waals surface area contributed by atoms with E-state index in [0.29, 0.717) is 54.0 Å². The molecule has 1 N–H and O–H groups in total. The fraction of sp³-hybridized carbons (Fsp3) is 0.375. The Labute approximate surface area is 235 Å². The SMILES string of the molecule is CCCCCOc1ccc(C2C(=C(O)c3ccc(OCCC)cc3)C(=O)C(=O)N2Cc2ccco2)cc1OCC. The van der Waals surface area contributed by atoms with E-state index in [-0.39, 0.29) is 17.9 Å². The van der Waals surface area contributed by atoms with Gasteiger partial charge in [-0.2, -0.15) is 0 Å². The number of rotatable bonds is 14. The largest absolute Gasteiger partial charge is 0.507 e. The Balaban J connectivity index is 1.76. The zero-order chi connectivity index (χ0) is 28.5. The molecule has 2 heterocycles. The Bertz CT molecular complexity index is 1310. The third kappa shape index (κ3) is 6.50. The van der Waals surface area contributed by atoms with Crippen molar-refractivity contribution < 1.29 is 33.3 Å². The lowest BCUT2D eigenvalue weighted by Gasteiger charge is -2.25. The van der Waals surface area contributed by atoms with Crippen LogP contribution in [0.2, 0.25) is 0 Å². The molecule has 212 valence electrons. The normalized spacial score (nSPS) is 16.4. The van der Waals surface area contributed by atoms with Crippen LogP contribution >= 0.6 is 0 Å². The second-order valence-corrected chi connectivity index (χ2v) is 9.57. The molecule has 1 fully saturated rings. The summed E-state index contributed by atoms with van der Waals surface area (Å²) >= 11 is 0. The summed E-state index contributed by atoms with van der Waals surface area (Å²) in [5.41, 5.74) is 1.02. The summed E-state index contributed by atoms with van der Waals surface area (Å²) < 4.78 is 23.0.